The first-order chi connectivity index (χ1) is 12.2. The molecule has 1 aromatic carbocycles. The van der Waals surface area contributed by atoms with Gasteiger partial charge in [-0.05, 0) is 43.9 Å². The fourth-order valence-electron chi connectivity index (χ4n) is 3.72. The van der Waals surface area contributed by atoms with Gasteiger partial charge >= 0.3 is 0 Å². The van der Waals surface area contributed by atoms with Gasteiger partial charge in [0, 0.05) is 24.4 Å². The minimum atomic E-state index is -0.604. The number of fused-ring (bicyclic) bond motifs is 1. The van der Waals surface area contributed by atoms with Crippen molar-refractivity contribution in [3.05, 3.63) is 41.3 Å². The highest BCUT2D eigenvalue weighted by Gasteiger charge is 2.40. The highest BCUT2D eigenvalue weighted by atomic mass is 19.1. The zero-order valence-corrected chi connectivity index (χ0v) is 13.7. The quantitative estimate of drug-likeness (QED) is 0.857. The number of nitrogens with zero attached hydrogens (tertiary/aromatic N) is 3. The van der Waals surface area contributed by atoms with Gasteiger partial charge < -0.3 is 14.2 Å². The number of carbonyl (C=O) groups excluding carboxylic acids is 1. The number of rotatable bonds is 3. The third-order valence-corrected chi connectivity index (χ3v) is 5.19. The number of aromatic nitrogens is 2. The van der Waals surface area contributed by atoms with E-state index in [1.54, 1.807) is 11.0 Å². The minimum Gasteiger partial charge on any atom is -0.480 e. The molecule has 2 aliphatic heterocycles. The number of hydrogen-bond acceptors (Lipinski definition) is 5. The first-order valence-electron chi connectivity index (χ1n) is 8.78. The molecule has 0 N–H and O–H groups in total. The zero-order chi connectivity index (χ0) is 17.0. The average Bonchev–Trinajstić information content (AvgIpc) is 3.04. The van der Waals surface area contributed by atoms with E-state index in [1.807, 2.05) is 0 Å². The fourth-order valence-corrected chi connectivity index (χ4v) is 3.72. The number of amides is 1. The van der Waals surface area contributed by atoms with Gasteiger partial charge in [0.2, 0.25) is 5.89 Å². The van der Waals surface area contributed by atoms with Crippen LogP contribution in [0.15, 0.2) is 22.7 Å². The molecule has 1 aromatic heterocycles. The van der Waals surface area contributed by atoms with E-state index in [0.29, 0.717) is 36.3 Å². The molecule has 0 spiro atoms. The first-order valence-corrected chi connectivity index (χ1v) is 8.78. The second kappa shape index (κ2) is 5.54. The number of carbonyl (C=O) groups is 1. The summed E-state index contributed by atoms with van der Waals surface area (Å²) in [5.74, 6) is 1.87. The molecule has 6 nitrogen and oxygen atoms in total. The summed E-state index contributed by atoms with van der Waals surface area (Å²) in [6, 6.07) is 4.21. The molecule has 1 aliphatic carbocycles. The Kier molecular flexibility index (Phi) is 3.29. The maximum atomic E-state index is 13.4. The van der Waals surface area contributed by atoms with Gasteiger partial charge in [0.25, 0.3) is 5.91 Å². The lowest BCUT2D eigenvalue weighted by atomic mass is 10.1. The lowest BCUT2D eigenvalue weighted by Gasteiger charge is -2.25. The summed E-state index contributed by atoms with van der Waals surface area (Å²) < 4.78 is 24.5. The van der Waals surface area contributed by atoms with Crippen LogP contribution in [0.4, 0.5) is 4.39 Å². The highest BCUT2D eigenvalue weighted by molar-refractivity contribution is 5.83. The van der Waals surface area contributed by atoms with Crippen molar-refractivity contribution in [2.45, 2.75) is 50.2 Å². The molecule has 0 radical (unpaired) electrons. The van der Waals surface area contributed by atoms with Crippen LogP contribution in [0.1, 0.15) is 54.9 Å². The van der Waals surface area contributed by atoms with E-state index in [2.05, 4.69) is 10.1 Å². The van der Waals surface area contributed by atoms with Crippen molar-refractivity contribution in [1.29, 1.82) is 0 Å². The summed E-state index contributed by atoms with van der Waals surface area (Å²) in [4.78, 5) is 19.2. The second-order valence-electron chi connectivity index (χ2n) is 7.02. The Balaban J connectivity index is 1.34. The summed E-state index contributed by atoms with van der Waals surface area (Å²) >= 11 is 0. The lowest BCUT2D eigenvalue weighted by Crippen LogP contribution is -2.41. The molecule has 0 unspecified atom stereocenters. The monoisotopic (exact) mass is 343 g/mol. The number of benzene rings is 1. The van der Waals surface area contributed by atoms with Gasteiger partial charge in [0.15, 0.2) is 11.9 Å². The van der Waals surface area contributed by atoms with E-state index in [4.69, 9.17) is 9.26 Å². The topological polar surface area (TPSA) is 68.5 Å². The highest BCUT2D eigenvalue weighted by Crippen LogP contribution is 2.40. The van der Waals surface area contributed by atoms with E-state index in [-0.39, 0.29) is 17.8 Å². The second-order valence-corrected chi connectivity index (χ2v) is 7.02. The standard InChI is InChI=1S/C18H18FN3O3/c19-12-5-6-14-11(8-12)9-15(24-14)18(23)22-7-1-2-13(22)16-20-17(25-21-16)10-3-4-10/h5-6,8,10,13,15H,1-4,7,9H2/t13-,15-/m1/s1. The molecule has 2 aromatic rings. The molecular formula is C18H18FN3O3. The number of likely N-dealkylation sites (tertiary alicyclic amines) is 1. The molecule has 25 heavy (non-hydrogen) atoms. The normalized spacial score (nSPS) is 25.1. The van der Waals surface area contributed by atoms with Crippen molar-refractivity contribution < 1.29 is 18.4 Å². The Bertz CT molecular complexity index is 833. The minimum absolute atomic E-state index is 0.0862. The maximum Gasteiger partial charge on any atom is 0.264 e. The van der Waals surface area contributed by atoms with Crippen LogP contribution >= 0.6 is 0 Å². The van der Waals surface area contributed by atoms with Gasteiger partial charge in [-0.1, -0.05) is 5.16 Å². The van der Waals surface area contributed by atoms with Crippen molar-refractivity contribution in [2.75, 3.05) is 6.54 Å². The first kappa shape index (κ1) is 14.9. The maximum absolute atomic E-state index is 13.4. The number of ether oxygens (including phenoxy) is 1. The van der Waals surface area contributed by atoms with Crippen molar-refractivity contribution in [3.63, 3.8) is 0 Å². The predicted molar refractivity (Wildman–Crippen MR) is 84.5 cm³/mol. The van der Waals surface area contributed by atoms with E-state index >= 15 is 0 Å². The van der Waals surface area contributed by atoms with Gasteiger partial charge in [0.05, 0.1) is 6.04 Å². The van der Waals surface area contributed by atoms with Crippen LogP contribution in [0.25, 0.3) is 0 Å². The van der Waals surface area contributed by atoms with Gasteiger partial charge in [-0.3, -0.25) is 4.79 Å². The van der Waals surface area contributed by atoms with Crippen molar-refractivity contribution >= 4 is 5.91 Å². The molecule has 5 rings (SSSR count). The van der Waals surface area contributed by atoms with Gasteiger partial charge in [-0.15, -0.1) is 0 Å². The smallest absolute Gasteiger partial charge is 0.264 e. The molecule has 2 fully saturated rings. The molecule has 0 bridgehead atoms. The largest absolute Gasteiger partial charge is 0.480 e. The molecule has 7 heteroatoms. The molecule has 3 heterocycles. The Hall–Kier alpha value is -2.44. The Morgan fingerprint density at radius 3 is 3.00 bits per heavy atom. The van der Waals surface area contributed by atoms with Crippen molar-refractivity contribution in [2.24, 2.45) is 0 Å². The van der Waals surface area contributed by atoms with Crippen LogP contribution in [0.3, 0.4) is 0 Å². The van der Waals surface area contributed by atoms with Crippen LogP contribution in [0, 0.1) is 5.82 Å². The van der Waals surface area contributed by atoms with E-state index < -0.39 is 6.10 Å². The lowest BCUT2D eigenvalue weighted by molar-refractivity contribution is -0.139. The Labute approximate surface area is 144 Å². The van der Waals surface area contributed by atoms with E-state index in [0.717, 1.165) is 31.2 Å². The summed E-state index contributed by atoms with van der Waals surface area (Å²) in [5.41, 5.74) is 0.740. The van der Waals surface area contributed by atoms with Crippen LogP contribution < -0.4 is 4.74 Å². The SMILES string of the molecule is O=C([C@H]1Cc2cc(F)ccc2O1)N1CCC[C@@H]1c1noc(C2CC2)n1. The molecule has 1 saturated carbocycles. The third kappa shape index (κ3) is 2.58. The molecule has 3 aliphatic rings. The van der Waals surface area contributed by atoms with Gasteiger partial charge in [-0.2, -0.15) is 4.98 Å². The molecule has 2 atom stereocenters. The number of halogens is 1. The van der Waals surface area contributed by atoms with E-state index in [9.17, 15) is 9.18 Å². The van der Waals surface area contributed by atoms with Crippen molar-refractivity contribution in [3.8, 4) is 5.75 Å². The van der Waals surface area contributed by atoms with Crippen molar-refractivity contribution in [1.82, 2.24) is 15.0 Å². The zero-order valence-electron chi connectivity index (χ0n) is 13.7. The molecular weight excluding hydrogens is 325 g/mol. The Morgan fingerprint density at radius 1 is 1.28 bits per heavy atom. The van der Waals surface area contributed by atoms with Crippen LogP contribution in [-0.2, 0) is 11.2 Å². The van der Waals surface area contributed by atoms with Gasteiger partial charge in [-0.25, -0.2) is 4.39 Å². The fraction of sp³-hybridized carbons (Fsp3) is 0.500. The predicted octanol–water partition coefficient (Wildman–Crippen LogP) is 2.75. The summed E-state index contributed by atoms with van der Waals surface area (Å²) in [6.45, 7) is 0.654. The van der Waals surface area contributed by atoms with Crippen LogP contribution in [0.5, 0.6) is 5.75 Å². The van der Waals surface area contributed by atoms with E-state index in [1.165, 1.54) is 12.1 Å². The summed E-state index contributed by atoms with van der Waals surface area (Å²) in [7, 11) is 0. The third-order valence-electron chi connectivity index (χ3n) is 5.19. The molecule has 1 amide bonds. The average molecular weight is 343 g/mol. The van der Waals surface area contributed by atoms with Crippen LogP contribution in [-0.4, -0.2) is 33.6 Å². The summed E-state index contributed by atoms with van der Waals surface area (Å²) in [5, 5.41) is 4.10. The Morgan fingerprint density at radius 2 is 2.16 bits per heavy atom. The van der Waals surface area contributed by atoms with Gasteiger partial charge in [0.1, 0.15) is 11.6 Å². The summed E-state index contributed by atoms with van der Waals surface area (Å²) in [6.07, 6.45) is 3.71. The molecule has 130 valence electrons. The van der Waals surface area contributed by atoms with Crippen LogP contribution in [0.2, 0.25) is 0 Å². The number of hydrogen-bond donors (Lipinski definition) is 0. The molecule has 1 saturated heterocycles.